The lowest BCUT2D eigenvalue weighted by Crippen LogP contribution is -2.06. The third kappa shape index (κ3) is 3.71. The molecule has 2 N–H and O–H groups in total. The first-order valence-corrected chi connectivity index (χ1v) is 6.56. The van der Waals surface area contributed by atoms with Gasteiger partial charge in [-0.15, -0.1) is 0 Å². The highest BCUT2D eigenvalue weighted by Crippen LogP contribution is 2.14. The van der Waals surface area contributed by atoms with Gasteiger partial charge in [0.25, 0.3) is 0 Å². The standard InChI is InChI=1S/C14H20N4O/c1-4-5-12-17-13(15-3)8-14(18-12)16-9-11-7-6-10(2)19-11/h6-8H,4-5,9H2,1-3H3,(H2,15,16,17,18). The van der Waals surface area contributed by atoms with E-state index in [-0.39, 0.29) is 0 Å². The Morgan fingerprint density at radius 2 is 2.00 bits per heavy atom. The molecule has 0 radical (unpaired) electrons. The first-order chi connectivity index (χ1) is 9.21. The Labute approximate surface area is 113 Å². The largest absolute Gasteiger partial charge is 0.465 e. The van der Waals surface area contributed by atoms with Crippen molar-refractivity contribution in [3.8, 4) is 0 Å². The first kappa shape index (κ1) is 13.4. The summed E-state index contributed by atoms with van der Waals surface area (Å²) in [4.78, 5) is 8.90. The molecule has 0 amide bonds. The highest BCUT2D eigenvalue weighted by molar-refractivity contribution is 5.47. The van der Waals surface area contributed by atoms with Crippen molar-refractivity contribution in [1.82, 2.24) is 9.97 Å². The summed E-state index contributed by atoms with van der Waals surface area (Å²) in [5, 5.41) is 6.32. The van der Waals surface area contributed by atoms with Crippen molar-refractivity contribution in [3.05, 3.63) is 35.5 Å². The maximum Gasteiger partial charge on any atom is 0.133 e. The molecule has 2 aromatic heterocycles. The monoisotopic (exact) mass is 260 g/mol. The molecule has 0 unspecified atom stereocenters. The number of nitrogens with one attached hydrogen (secondary N) is 2. The Balaban J connectivity index is 2.08. The van der Waals surface area contributed by atoms with Crippen molar-refractivity contribution in [1.29, 1.82) is 0 Å². The van der Waals surface area contributed by atoms with Crippen LogP contribution in [0, 0.1) is 6.92 Å². The summed E-state index contributed by atoms with van der Waals surface area (Å²) in [6, 6.07) is 5.82. The maximum atomic E-state index is 5.52. The van der Waals surface area contributed by atoms with Crippen LogP contribution >= 0.6 is 0 Å². The van der Waals surface area contributed by atoms with Gasteiger partial charge in [0.1, 0.15) is 29.0 Å². The predicted octanol–water partition coefficient (Wildman–Crippen LogP) is 2.98. The number of furan rings is 1. The molecule has 2 aromatic rings. The lowest BCUT2D eigenvalue weighted by Gasteiger charge is -2.08. The van der Waals surface area contributed by atoms with Gasteiger partial charge in [0, 0.05) is 19.5 Å². The molecule has 5 nitrogen and oxygen atoms in total. The maximum absolute atomic E-state index is 5.52. The number of anilines is 2. The fourth-order valence-electron chi connectivity index (χ4n) is 1.81. The topological polar surface area (TPSA) is 63.0 Å². The molecule has 0 saturated carbocycles. The second kappa shape index (κ2) is 6.22. The minimum absolute atomic E-state index is 0.625. The average Bonchev–Trinajstić information content (AvgIpc) is 2.82. The van der Waals surface area contributed by atoms with Crippen molar-refractivity contribution in [3.63, 3.8) is 0 Å². The number of aromatic nitrogens is 2. The molecular formula is C14H20N4O. The van der Waals surface area contributed by atoms with E-state index in [1.54, 1.807) is 0 Å². The highest BCUT2D eigenvalue weighted by atomic mass is 16.3. The SMILES string of the molecule is CCCc1nc(NC)cc(NCc2ccc(C)o2)n1. The molecule has 2 heterocycles. The van der Waals surface area contributed by atoms with E-state index >= 15 is 0 Å². The minimum Gasteiger partial charge on any atom is -0.465 e. The Hall–Kier alpha value is -2.04. The van der Waals surface area contributed by atoms with Gasteiger partial charge in [-0.3, -0.25) is 0 Å². The Morgan fingerprint density at radius 1 is 1.21 bits per heavy atom. The minimum atomic E-state index is 0.625. The molecule has 0 saturated heterocycles. The van der Waals surface area contributed by atoms with E-state index < -0.39 is 0 Å². The molecule has 0 spiro atoms. The molecule has 0 aliphatic heterocycles. The zero-order valence-electron chi connectivity index (χ0n) is 11.7. The zero-order valence-corrected chi connectivity index (χ0v) is 11.7. The van der Waals surface area contributed by atoms with Crippen LogP contribution in [0.3, 0.4) is 0 Å². The first-order valence-electron chi connectivity index (χ1n) is 6.56. The van der Waals surface area contributed by atoms with Gasteiger partial charge in [0.15, 0.2) is 0 Å². The Bertz CT molecular complexity index is 536. The molecule has 5 heteroatoms. The summed E-state index contributed by atoms with van der Waals surface area (Å²) < 4.78 is 5.52. The van der Waals surface area contributed by atoms with E-state index in [0.717, 1.165) is 41.8 Å². The lowest BCUT2D eigenvalue weighted by molar-refractivity contribution is 0.490. The highest BCUT2D eigenvalue weighted by Gasteiger charge is 2.04. The summed E-state index contributed by atoms with van der Waals surface area (Å²) in [5.74, 6) is 4.32. The molecule has 0 aliphatic rings. The van der Waals surface area contributed by atoms with Crippen LogP contribution < -0.4 is 10.6 Å². The van der Waals surface area contributed by atoms with Crippen LogP contribution in [0.5, 0.6) is 0 Å². The summed E-state index contributed by atoms with van der Waals surface area (Å²) in [6.45, 7) is 4.68. The van der Waals surface area contributed by atoms with E-state index in [4.69, 9.17) is 4.42 Å². The van der Waals surface area contributed by atoms with E-state index in [9.17, 15) is 0 Å². The third-order valence-corrected chi connectivity index (χ3v) is 2.74. The van der Waals surface area contributed by atoms with Crippen LogP contribution in [0.25, 0.3) is 0 Å². The van der Waals surface area contributed by atoms with Crippen LogP contribution in [0.2, 0.25) is 0 Å². The molecular weight excluding hydrogens is 240 g/mol. The van der Waals surface area contributed by atoms with Gasteiger partial charge < -0.3 is 15.1 Å². The van der Waals surface area contributed by atoms with Gasteiger partial charge in [-0.25, -0.2) is 9.97 Å². The Kier molecular flexibility index (Phi) is 4.39. The van der Waals surface area contributed by atoms with Crippen LogP contribution in [0.4, 0.5) is 11.6 Å². The summed E-state index contributed by atoms with van der Waals surface area (Å²) >= 11 is 0. The average molecular weight is 260 g/mol. The van der Waals surface area contributed by atoms with Gasteiger partial charge >= 0.3 is 0 Å². The molecule has 2 rings (SSSR count). The van der Waals surface area contributed by atoms with Crippen LogP contribution in [0.1, 0.15) is 30.7 Å². The summed E-state index contributed by atoms with van der Waals surface area (Å²) in [6.07, 6.45) is 1.91. The van der Waals surface area contributed by atoms with Crippen molar-refractivity contribution in [2.45, 2.75) is 33.2 Å². The fraction of sp³-hybridized carbons (Fsp3) is 0.429. The van der Waals surface area contributed by atoms with Gasteiger partial charge in [-0.1, -0.05) is 6.92 Å². The van der Waals surface area contributed by atoms with E-state index in [2.05, 4.69) is 27.5 Å². The number of hydrogen-bond donors (Lipinski definition) is 2. The van der Waals surface area contributed by atoms with E-state index in [0.29, 0.717) is 6.54 Å². The quantitative estimate of drug-likeness (QED) is 0.836. The second-order valence-electron chi connectivity index (χ2n) is 4.42. The van der Waals surface area contributed by atoms with Crippen LogP contribution in [-0.4, -0.2) is 17.0 Å². The number of hydrogen-bond acceptors (Lipinski definition) is 5. The number of aryl methyl sites for hydroxylation is 2. The van der Waals surface area contributed by atoms with Crippen molar-refractivity contribution >= 4 is 11.6 Å². The summed E-state index contributed by atoms with van der Waals surface area (Å²) in [5.41, 5.74) is 0. The van der Waals surface area contributed by atoms with Crippen LogP contribution in [0.15, 0.2) is 22.6 Å². The molecule has 0 atom stereocenters. The van der Waals surface area contributed by atoms with E-state index in [1.165, 1.54) is 0 Å². The number of nitrogens with zero attached hydrogens (tertiary/aromatic N) is 2. The van der Waals surface area contributed by atoms with Gasteiger partial charge in [0.05, 0.1) is 6.54 Å². The molecule has 0 aliphatic carbocycles. The molecule has 102 valence electrons. The predicted molar refractivity (Wildman–Crippen MR) is 76.3 cm³/mol. The van der Waals surface area contributed by atoms with Crippen molar-refractivity contribution in [2.75, 3.05) is 17.7 Å². The van der Waals surface area contributed by atoms with Crippen LogP contribution in [-0.2, 0) is 13.0 Å². The number of rotatable bonds is 6. The molecule has 0 aromatic carbocycles. The fourth-order valence-corrected chi connectivity index (χ4v) is 1.81. The summed E-state index contributed by atoms with van der Waals surface area (Å²) in [7, 11) is 1.86. The van der Waals surface area contributed by atoms with Gasteiger partial charge in [-0.2, -0.15) is 0 Å². The smallest absolute Gasteiger partial charge is 0.133 e. The van der Waals surface area contributed by atoms with Crippen molar-refractivity contribution in [2.24, 2.45) is 0 Å². The van der Waals surface area contributed by atoms with Gasteiger partial charge in [0.2, 0.25) is 0 Å². The third-order valence-electron chi connectivity index (χ3n) is 2.74. The normalized spacial score (nSPS) is 10.5. The van der Waals surface area contributed by atoms with E-state index in [1.807, 2.05) is 32.2 Å². The zero-order chi connectivity index (χ0) is 13.7. The van der Waals surface area contributed by atoms with Gasteiger partial charge in [-0.05, 0) is 25.5 Å². The second-order valence-corrected chi connectivity index (χ2v) is 4.42. The van der Waals surface area contributed by atoms with Crippen molar-refractivity contribution < 1.29 is 4.42 Å². The molecule has 0 fully saturated rings. The Morgan fingerprint density at radius 3 is 2.63 bits per heavy atom. The molecule has 19 heavy (non-hydrogen) atoms. The molecule has 0 bridgehead atoms. The lowest BCUT2D eigenvalue weighted by atomic mass is 10.3.